The zero-order valence-corrected chi connectivity index (χ0v) is 16.6. The van der Waals surface area contributed by atoms with Crippen molar-refractivity contribution >= 4 is 11.7 Å². The number of piperazine rings is 1. The number of aromatic nitrogens is 1. The van der Waals surface area contributed by atoms with Crippen LogP contribution in [0.2, 0.25) is 0 Å². The summed E-state index contributed by atoms with van der Waals surface area (Å²) in [5, 5.41) is 12.6. The Bertz CT molecular complexity index is 889. The highest BCUT2D eigenvalue weighted by molar-refractivity contribution is 5.93. The minimum atomic E-state index is -0.289. The predicted molar refractivity (Wildman–Crippen MR) is 107 cm³/mol. The molecule has 0 aliphatic carbocycles. The molecule has 1 aliphatic rings. The Morgan fingerprint density at radius 3 is 2.43 bits per heavy atom. The van der Waals surface area contributed by atoms with Crippen molar-refractivity contribution in [2.75, 3.05) is 45.1 Å². The minimum absolute atomic E-state index is 0.126. The molecule has 2 aromatic rings. The molecule has 1 aromatic carbocycles. The van der Waals surface area contributed by atoms with Gasteiger partial charge in [-0.3, -0.25) is 9.69 Å². The summed E-state index contributed by atoms with van der Waals surface area (Å²) in [6, 6.07) is 8.48. The Morgan fingerprint density at radius 1 is 1.18 bits per heavy atom. The van der Waals surface area contributed by atoms with E-state index in [-0.39, 0.29) is 11.7 Å². The largest absolute Gasteiger partial charge is 0.326 e. The predicted octanol–water partition coefficient (Wildman–Crippen LogP) is 2.35. The van der Waals surface area contributed by atoms with Crippen LogP contribution in [0.25, 0.3) is 0 Å². The number of anilines is 1. The Kier molecular flexibility index (Phi) is 6.12. The summed E-state index contributed by atoms with van der Waals surface area (Å²) in [5.74, 6) is 0.0995. The number of benzene rings is 1. The van der Waals surface area contributed by atoms with Crippen molar-refractivity contribution in [3.63, 3.8) is 0 Å². The maximum Gasteiger partial charge on any atom is 0.239 e. The molecule has 0 bridgehead atoms. The second-order valence-electron chi connectivity index (χ2n) is 7.39. The second kappa shape index (κ2) is 8.55. The first-order valence-corrected chi connectivity index (χ1v) is 9.44. The lowest BCUT2D eigenvalue weighted by Gasteiger charge is -2.31. The van der Waals surface area contributed by atoms with Crippen LogP contribution in [0, 0.1) is 31.0 Å². The molecule has 1 fully saturated rings. The lowest BCUT2D eigenvalue weighted by atomic mass is 10.2. The summed E-state index contributed by atoms with van der Waals surface area (Å²) in [6.45, 7) is 8.15. The van der Waals surface area contributed by atoms with Crippen LogP contribution in [-0.2, 0) is 11.3 Å². The van der Waals surface area contributed by atoms with Gasteiger partial charge in [0.1, 0.15) is 17.7 Å². The Morgan fingerprint density at radius 2 is 1.82 bits per heavy atom. The van der Waals surface area contributed by atoms with Gasteiger partial charge in [0.2, 0.25) is 5.91 Å². The smallest absolute Gasteiger partial charge is 0.239 e. The molecule has 28 heavy (non-hydrogen) atoms. The van der Waals surface area contributed by atoms with Gasteiger partial charge in [0, 0.05) is 38.4 Å². The van der Waals surface area contributed by atoms with E-state index in [2.05, 4.69) is 28.2 Å². The molecule has 1 aromatic heterocycles. The van der Waals surface area contributed by atoms with E-state index in [4.69, 9.17) is 0 Å². The number of hydrogen-bond acceptors (Lipinski definition) is 4. The highest BCUT2D eigenvalue weighted by Crippen LogP contribution is 2.27. The first-order chi connectivity index (χ1) is 13.4. The van der Waals surface area contributed by atoms with Gasteiger partial charge < -0.3 is 14.8 Å². The van der Waals surface area contributed by atoms with Crippen molar-refractivity contribution in [2.24, 2.45) is 0 Å². The molecular formula is C21H26FN5O. The summed E-state index contributed by atoms with van der Waals surface area (Å²) >= 11 is 0. The number of nitrogens with one attached hydrogen (secondary N) is 1. The topological polar surface area (TPSA) is 64.3 Å². The molecule has 0 atom stereocenters. The molecule has 7 heteroatoms. The molecule has 1 saturated heterocycles. The van der Waals surface area contributed by atoms with Crippen molar-refractivity contribution < 1.29 is 9.18 Å². The molecule has 1 amide bonds. The molecule has 1 aliphatic heterocycles. The van der Waals surface area contributed by atoms with Crippen molar-refractivity contribution in [3.05, 3.63) is 52.5 Å². The van der Waals surface area contributed by atoms with Crippen molar-refractivity contribution in [1.29, 1.82) is 5.26 Å². The van der Waals surface area contributed by atoms with Gasteiger partial charge in [-0.1, -0.05) is 12.1 Å². The third-order valence-electron chi connectivity index (χ3n) is 5.42. The van der Waals surface area contributed by atoms with E-state index in [1.54, 1.807) is 12.1 Å². The zero-order chi connectivity index (χ0) is 20.3. The number of nitrogens with zero attached hydrogens (tertiary/aromatic N) is 4. The van der Waals surface area contributed by atoms with E-state index < -0.39 is 0 Å². The van der Waals surface area contributed by atoms with Crippen molar-refractivity contribution in [3.8, 4) is 6.07 Å². The van der Waals surface area contributed by atoms with Crippen LogP contribution in [0.4, 0.5) is 10.2 Å². The number of rotatable bonds is 5. The molecule has 3 rings (SSSR count). The van der Waals surface area contributed by atoms with Gasteiger partial charge in [0.25, 0.3) is 0 Å². The highest BCUT2D eigenvalue weighted by Gasteiger charge is 2.22. The number of halogens is 1. The quantitative estimate of drug-likeness (QED) is 0.861. The molecule has 2 heterocycles. The Hall–Kier alpha value is -2.69. The van der Waals surface area contributed by atoms with E-state index >= 15 is 0 Å². The van der Waals surface area contributed by atoms with Crippen LogP contribution in [-0.4, -0.2) is 60.0 Å². The van der Waals surface area contributed by atoms with E-state index in [1.807, 2.05) is 18.4 Å². The van der Waals surface area contributed by atoms with E-state index in [0.717, 1.165) is 43.0 Å². The number of nitriles is 1. The average molecular weight is 383 g/mol. The molecule has 148 valence electrons. The summed E-state index contributed by atoms with van der Waals surface area (Å²) in [6.07, 6.45) is 0. The van der Waals surface area contributed by atoms with Crippen LogP contribution in [0.3, 0.4) is 0 Å². The van der Waals surface area contributed by atoms with Crippen LogP contribution < -0.4 is 5.32 Å². The SMILES string of the molecule is Cc1c(C#N)c(NC(=O)CN2CCN(C)CC2)n(Cc2ccc(F)cc2)c1C. The van der Waals surface area contributed by atoms with Gasteiger partial charge in [0.05, 0.1) is 12.1 Å². The number of likely N-dealkylation sites (N-methyl/N-ethyl adjacent to an activating group) is 1. The highest BCUT2D eigenvalue weighted by atomic mass is 19.1. The molecule has 0 radical (unpaired) electrons. The van der Waals surface area contributed by atoms with Gasteiger partial charge in [-0.15, -0.1) is 0 Å². The average Bonchev–Trinajstić information content (AvgIpc) is 2.89. The molecule has 6 nitrogen and oxygen atoms in total. The normalized spacial score (nSPS) is 15.4. The number of amides is 1. The van der Waals surface area contributed by atoms with Crippen LogP contribution in [0.15, 0.2) is 24.3 Å². The van der Waals surface area contributed by atoms with Gasteiger partial charge in [-0.25, -0.2) is 4.39 Å². The van der Waals surface area contributed by atoms with E-state index in [9.17, 15) is 14.4 Å². The number of carbonyl (C=O) groups is 1. The van der Waals surface area contributed by atoms with Gasteiger partial charge in [0.15, 0.2) is 0 Å². The lowest BCUT2D eigenvalue weighted by molar-refractivity contribution is -0.117. The van der Waals surface area contributed by atoms with Gasteiger partial charge >= 0.3 is 0 Å². The molecule has 1 N–H and O–H groups in total. The summed E-state index contributed by atoms with van der Waals surface area (Å²) < 4.78 is 15.1. The van der Waals surface area contributed by atoms with Gasteiger partial charge in [-0.05, 0) is 44.2 Å². The molecule has 0 saturated carbocycles. The lowest BCUT2D eigenvalue weighted by Crippen LogP contribution is -2.47. The first-order valence-electron chi connectivity index (χ1n) is 9.44. The van der Waals surface area contributed by atoms with Crippen LogP contribution >= 0.6 is 0 Å². The Balaban J connectivity index is 1.80. The maximum atomic E-state index is 13.2. The monoisotopic (exact) mass is 383 g/mol. The maximum absolute atomic E-state index is 13.2. The first kappa shape index (κ1) is 20.1. The third-order valence-corrected chi connectivity index (χ3v) is 5.42. The standard InChI is InChI=1S/C21H26FN5O/c1-15-16(2)27(13-17-4-6-18(22)7-5-17)21(19(15)12-23)24-20(28)14-26-10-8-25(3)9-11-26/h4-7H,8-11,13-14H2,1-3H3,(H,24,28). The molecule has 0 spiro atoms. The molecule has 0 unspecified atom stereocenters. The minimum Gasteiger partial charge on any atom is -0.326 e. The fraction of sp³-hybridized carbons (Fsp3) is 0.429. The van der Waals surface area contributed by atoms with Crippen molar-refractivity contribution in [1.82, 2.24) is 14.4 Å². The van der Waals surface area contributed by atoms with E-state index in [0.29, 0.717) is 24.5 Å². The molecular weight excluding hydrogens is 357 g/mol. The van der Waals surface area contributed by atoms with Crippen LogP contribution in [0.5, 0.6) is 0 Å². The zero-order valence-electron chi connectivity index (χ0n) is 16.6. The van der Waals surface area contributed by atoms with Gasteiger partial charge in [-0.2, -0.15) is 5.26 Å². The summed E-state index contributed by atoms with van der Waals surface area (Å²) in [7, 11) is 2.07. The number of carbonyl (C=O) groups excluding carboxylic acids is 1. The van der Waals surface area contributed by atoms with E-state index in [1.165, 1.54) is 12.1 Å². The fourth-order valence-electron chi connectivity index (χ4n) is 3.48. The number of hydrogen-bond donors (Lipinski definition) is 1. The second-order valence-corrected chi connectivity index (χ2v) is 7.39. The Labute approximate surface area is 165 Å². The van der Waals surface area contributed by atoms with Crippen LogP contribution in [0.1, 0.15) is 22.4 Å². The van der Waals surface area contributed by atoms with Crippen molar-refractivity contribution in [2.45, 2.75) is 20.4 Å². The summed E-state index contributed by atoms with van der Waals surface area (Å²) in [5.41, 5.74) is 3.14. The fourth-order valence-corrected chi connectivity index (χ4v) is 3.48. The summed E-state index contributed by atoms with van der Waals surface area (Å²) in [4.78, 5) is 17.0. The third kappa shape index (κ3) is 4.41.